The number of benzene rings is 1. The number of ketones is 1. The Kier molecular flexibility index (Phi) is 7.86. The van der Waals surface area contributed by atoms with Gasteiger partial charge in [0.25, 0.3) is 0 Å². The smallest absolute Gasteiger partial charge is 0.239 e. The maximum absolute atomic E-state index is 13.8. The number of carbonyl (C=O) groups is 2. The van der Waals surface area contributed by atoms with Crippen LogP contribution in [0, 0.1) is 29.3 Å². The van der Waals surface area contributed by atoms with Crippen LogP contribution in [0.4, 0.5) is 13.2 Å². The van der Waals surface area contributed by atoms with E-state index in [1.165, 1.54) is 0 Å². The summed E-state index contributed by atoms with van der Waals surface area (Å²) in [5.74, 6) is -4.84. The average Bonchev–Trinajstić information content (AvgIpc) is 2.66. The van der Waals surface area contributed by atoms with Crippen molar-refractivity contribution in [2.24, 2.45) is 17.6 Å². The number of nitrogens with two attached hydrogens (primary N) is 1. The first-order chi connectivity index (χ1) is 12.9. The second-order valence-corrected chi connectivity index (χ2v) is 7.18. The first-order valence-electron chi connectivity index (χ1n) is 9.19. The third kappa shape index (κ3) is 4.85. The third-order valence-corrected chi connectivity index (χ3v) is 5.49. The van der Waals surface area contributed by atoms with Gasteiger partial charge in [-0.2, -0.15) is 0 Å². The molecule has 0 bridgehead atoms. The van der Waals surface area contributed by atoms with Gasteiger partial charge in [-0.25, -0.2) is 13.2 Å². The molecule has 1 aromatic carbocycles. The van der Waals surface area contributed by atoms with E-state index in [4.69, 9.17) is 10.5 Å². The molecule has 1 amide bonds. The lowest BCUT2D eigenvalue weighted by Gasteiger charge is -2.35. The van der Waals surface area contributed by atoms with Crippen LogP contribution in [-0.2, 0) is 9.53 Å². The van der Waals surface area contributed by atoms with Gasteiger partial charge >= 0.3 is 0 Å². The van der Waals surface area contributed by atoms with Crippen molar-refractivity contribution < 1.29 is 27.5 Å². The number of Topliss-reactive ketones (excluding diaryl/α,β-unsaturated/α-hetero) is 1. The zero-order valence-corrected chi connectivity index (χ0v) is 16.2. The predicted molar refractivity (Wildman–Crippen MR) is 98.7 cm³/mol. The number of amides is 1. The predicted octanol–water partition coefficient (Wildman–Crippen LogP) is 2.70. The van der Waals surface area contributed by atoms with E-state index in [0.717, 1.165) is 12.8 Å². The van der Waals surface area contributed by atoms with Crippen molar-refractivity contribution >= 4 is 24.1 Å². The summed E-state index contributed by atoms with van der Waals surface area (Å²) < 4.78 is 46.0. The van der Waals surface area contributed by atoms with E-state index in [9.17, 15) is 22.8 Å². The van der Waals surface area contributed by atoms with Crippen molar-refractivity contribution in [1.29, 1.82) is 0 Å². The molecule has 2 heterocycles. The topological polar surface area (TPSA) is 72.6 Å². The molecule has 0 saturated carbocycles. The molecule has 1 aromatic rings. The van der Waals surface area contributed by atoms with Crippen molar-refractivity contribution in [3.05, 3.63) is 35.1 Å². The number of rotatable bonds is 4. The second-order valence-electron chi connectivity index (χ2n) is 7.18. The van der Waals surface area contributed by atoms with E-state index in [1.54, 1.807) is 4.90 Å². The second kappa shape index (κ2) is 9.71. The van der Waals surface area contributed by atoms with Crippen LogP contribution >= 0.6 is 12.4 Å². The van der Waals surface area contributed by atoms with Crippen LogP contribution in [0.5, 0.6) is 0 Å². The standard InChI is InChI=1S/C19H23F3N2O3.ClH/c20-13-9-14(21)16(15(22)10-13)18(25)12-1-5-24(6-2-12)19(26)17(23)11-3-7-27-8-4-11;/h9-12,17H,1-8,23H2;1H. The fourth-order valence-corrected chi connectivity index (χ4v) is 3.83. The zero-order valence-electron chi connectivity index (χ0n) is 15.3. The molecule has 156 valence electrons. The summed E-state index contributed by atoms with van der Waals surface area (Å²) in [6.07, 6.45) is 2.07. The molecule has 28 heavy (non-hydrogen) atoms. The monoisotopic (exact) mass is 420 g/mol. The summed E-state index contributed by atoms with van der Waals surface area (Å²) in [5, 5.41) is 0. The van der Waals surface area contributed by atoms with Gasteiger partial charge in [0.1, 0.15) is 17.5 Å². The quantitative estimate of drug-likeness (QED) is 0.760. The summed E-state index contributed by atoms with van der Waals surface area (Å²) >= 11 is 0. The molecule has 9 heteroatoms. The Bertz CT molecular complexity index is 697. The fourth-order valence-electron chi connectivity index (χ4n) is 3.83. The SMILES string of the molecule is Cl.NC(C(=O)N1CCC(C(=O)c2c(F)cc(F)cc2F)CC1)C1CCOCC1. The fraction of sp³-hybridized carbons (Fsp3) is 0.579. The number of halogens is 4. The summed E-state index contributed by atoms with van der Waals surface area (Å²) in [6, 6.07) is 0.400. The van der Waals surface area contributed by atoms with Crippen LogP contribution in [0.1, 0.15) is 36.0 Å². The highest BCUT2D eigenvalue weighted by atomic mass is 35.5. The van der Waals surface area contributed by atoms with E-state index >= 15 is 0 Å². The average molecular weight is 421 g/mol. The van der Waals surface area contributed by atoms with Crippen molar-refractivity contribution in [1.82, 2.24) is 4.90 Å². The van der Waals surface area contributed by atoms with Gasteiger partial charge in [-0.1, -0.05) is 0 Å². The number of nitrogens with zero attached hydrogens (tertiary/aromatic N) is 1. The molecular formula is C19H24ClF3N2O3. The molecule has 2 N–H and O–H groups in total. The number of hydrogen-bond acceptors (Lipinski definition) is 4. The van der Waals surface area contributed by atoms with E-state index in [1.807, 2.05) is 0 Å². The lowest BCUT2D eigenvalue weighted by Crippen LogP contribution is -2.51. The molecule has 5 nitrogen and oxygen atoms in total. The molecule has 0 aliphatic carbocycles. The molecule has 2 aliphatic heterocycles. The maximum atomic E-state index is 13.8. The van der Waals surface area contributed by atoms with Crippen molar-refractivity contribution in [3.63, 3.8) is 0 Å². The molecule has 2 fully saturated rings. The van der Waals surface area contributed by atoms with Crippen LogP contribution in [0.3, 0.4) is 0 Å². The highest BCUT2D eigenvalue weighted by Gasteiger charge is 2.34. The maximum Gasteiger partial charge on any atom is 0.239 e. The highest BCUT2D eigenvalue weighted by molar-refractivity contribution is 5.98. The molecule has 2 saturated heterocycles. The van der Waals surface area contributed by atoms with Gasteiger partial charge in [0, 0.05) is 44.4 Å². The molecule has 2 aliphatic rings. The largest absolute Gasteiger partial charge is 0.381 e. The molecule has 0 aromatic heterocycles. The Morgan fingerprint density at radius 1 is 1.04 bits per heavy atom. The molecule has 0 spiro atoms. The van der Waals surface area contributed by atoms with Crippen LogP contribution in [-0.4, -0.2) is 48.9 Å². The van der Waals surface area contributed by atoms with Crippen molar-refractivity contribution in [2.45, 2.75) is 31.7 Å². The van der Waals surface area contributed by atoms with Gasteiger partial charge in [-0.15, -0.1) is 12.4 Å². The van der Waals surface area contributed by atoms with E-state index < -0.39 is 40.8 Å². The minimum absolute atomic E-state index is 0. The molecular weight excluding hydrogens is 397 g/mol. The van der Waals surface area contributed by atoms with Gasteiger partial charge < -0.3 is 15.4 Å². The van der Waals surface area contributed by atoms with Gasteiger partial charge in [-0.3, -0.25) is 9.59 Å². The summed E-state index contributed by atoms with van der Waals surface area (Å²) in [7, 11) is 0. The normalized spacial score (nSPS) is 19.8. The van der Waals surface area contributed by atoms with Gasteiger partial charge in [-0.05, 0) is 31.6 Å². The summed E-state index contributed by atoms with van der Waals surface area (Å²) in [6.45, 7) is 1.79. The molecule has 3 rings (SSSR count). The lowest BCUT2D eigenvalue weighted by atomic mass is 9.87. The zero-order chi connectivity index (χ0) is 19.6. The van der Waals surface area contributed by atoms with Crippen molar-refractivity contribution in [2.75, 3.05) is 26.3 Å². The van der Waals surface area contributed by atoms with Gasteiger partial charge in [0.15, 0.2) is 5.78 Å². The van der Waals surface area contributed by atoms with Gasteiger partial charge in [0.2, 0.25) is 5.91 Å². The number of piperidine rings is 1. The Labute approximate surface area is 167 Å². The van der Waals surface area contributed by atoms with Crippen LogP contribution < -0.4 is 5.73 Å². The summed E-state index contributed by atoms with van der Waals surface area (Å²) in [4.78, 5) is 26.7. The van der Waals surface area contributed by atoms with Gasteiger partial charge in [0.05, 0.1) is 11.6 Å². The third-order valence-electron chi connectivity index (χ3n) is 5.49. The number of likely N-dealkylation sites (tertiary alicyclic amines) is 1. The Morgan fingerprint density at radius 3 is 2.11 bits per heavy atom. The number of hydrogen-bond donors (Lipinski definition) is 1. The first-order valence-corrected chi connectivity index (χ1v) is 9.19. The minimum atomic E-state index is -1.20. The van der Waals surface area contributed by atoms with Crippen LogP contribution in [0.15, 0.2) is 12.1 Å². The number of ether oxygens (including phenoxy) is 1. The Balaban J connectivity index is 0.00000280. The molecule has 1 atom stereocenters. The lowest BCUT2D eigenvalue weighted by molar-refractivity contribution is -0.136. The first kappa shape index (κ1) is 22.6. The minimum Gasteiger partial charge on any atom is -0.381 e. The van der Waals surface area contributed by atoms with Crippen molar-refractivity contribution in [3.8, 4) is 0 Å². The highest BCUT2D eigenvalue weighted by Crippen LogP contribution is 2.27. The Hall–Kier alpha value is -1.64. The molecule has 0 radical (unpaired) electrons. The summed E-state index contributed by atoms with van der Waals surface area (Å²) in [5.41, 5.74) is 5.41. The number of carbonyl (C=O) groups excluding carboxylic acids is 2. The van der Waals surface area contributed by atoms with E-state index in [0.29, 0.717) is 51.3 Å². The van der Waals surface area contributed by atoms with E-state index in [2.05, 4.69) is 0 Å². The van der Waals surface area contributed by atoms with E-state index in [-0.39, 0.29) is 24.2 Å². The van der Waals surface area contributed by atoms with Crippen LogP contribution in [0.2, 0.25) is 0 Å². The van der Waals surface area contributed by atoms with Crippen LogP contribution in [0.25, 0.3) is 0 Å². The Morgan fingerprint density at radius 2 is 1.57 bits per heavy atom. The molecule has 1 unspecified atom stereocenters.